The first kappa shape index (κ1) is 16.1. The molecule has 7 heteroatoms. The van der Waals surface area contributed by atoms with E-state index < -0.39 is 0 Å². The predicted molar refractivity (Wildman–Crippen MR) is 88.4 cm³/mol. The molecular formula is C14H25N5OS. The third-order valence-electron chi connectivity index (χ3n) is 3.31. The summed E-state index contributed by atoms with van der Waals surface area (Å²) in [5.74, 6) is 2.38. The van der Waals surface area contributed by atoms with Crippen LogP contribution in [0.1, 0.15) is 40.0 Å². The maximum absolute atomic E-state index is 5.53. The molecule has 118 valence electrons. The molecule has 1 fully saturated rings. The molecule has 2 N–H and O–H groups in total. The summed E-state index contributed by atoms with van der Waals surface area (Å²) in [4.78, 5) is 13.0. The highest BCUT2D eigenvalue weighted by molar-refractivity contribution is 8.00. The minimum absolute atomic E-state index is 0.273. The zero-order valence-electron chi connectivity index (χ0n) is 13.1. The first-order chi connectivity index (χ1) is 10.1. The lowest BCUT2D eigenvalue weighted by molar-refractivity contribution is 0.292. The van der Waals surface area contributed by atoms with E-state index >= 15 is 0 Å². The van der Waals surface area contributed by atoms with Crippen molar-refractivity contribution in [3.63, 3.8) is 0 Å². The van der Waals surface area contributed by atoms with Crippen molar-refractivity contribution in [1.82, 2.24) is 15.0 Å². The Bertz CT molecular complexity index is 451. The minimum atomic E-state index is 0.273. The molecule has 21 heavy (non-hydrogen) atoms. The molecule has 0 aromatic carbocycles. The van der Waals surface area contributed by atoms with Gasteiger partial charge in [-0.2, -0.15) is 26.7 Å². The van der Waals surface area contributed by atoms with Crippen LogP contribution in [0.15, 0.2) is 0 Å². The number of anilines is 2. The fourth-order valence-electron chi connectivity index (χ4n) is 2.17. The van der Waals surface area contributed by atoms with Gasteiger partial charge in [0.25, 0.3) is 0 Å². The molecule has 2 heterocycles. The molecule has 1 atom stereocenters. The lowest BCUT2D eigenvalue weighted by Gasteiger charge is -2.22. The van der Waals surface area contributed by atoms with Crippen LogP contribution in [0.2, 0.25) is 0 Å². The van der Waals surface area contributed by atoms with Crippen LogP contribution in [0.3, 0.4) is 0 Å². The maximum atomic E-state index is 5.53. The van der Waals surface area contributed by atoms with E-state index in [1.54, 1.807) is 0 Å². The molecule has 0 bridgehead atoms. The molecule has 0 aliphatic carbocycles. The van der Waals surface area contributed by atoms with Gasteiger partial charge in [-0.3, -0.25) is 0 Å². The van der Waals surface area contributed by atoms with E-state index in [0.717, 1.165) is 19.5 Å². The van der Waals surface area contributed by atoms with E-state index in [1.165, 1.54) is 18.6 Å². The first-order valence-corrected chi connectivity index (χ1v) is 8.64. The summed E-state index contributed by atoms with van der Waals surface area (Å²) >= 11 is 2.02. The summed E-state index contributed by atoms with van der Waals surface area (Å²) in [6.45, 7) is 8.61. The molecule has 0 amide bonds. The Labute approximate surface area is 130 Å². The number of aromatic nitrogens is 3. The van der Waals surface area contributed by atoms with Crippen LogP contribution in [0, 0.1) is 0 Å². The Morgan fingerprint density at radius 1 is 1.19 bits per heavy atom. The van der Waals surface area contributed by atoms with Crippen LogP contribution >= 0.6 is 11.8 Å². The van der Waals surface area contributed by atoms with Gasteiger partial charge >= 0.3 is 6.01 Å². The molecule has 1 aromatic rings. The Kier molecular flexibility index (Phi) is 5.90. The second-order valence-corrected chi connectivity index (χ2v) is 7.08. The van der Waals surface area contributed by atoms with E-state index in [4.69, 9.17) is 4.74 Å². The van der Waals surface area contributed by atoms with Crippen LogP contribution < -0.4 is 15.4 Å². The van der Waals surface area contributed by atoms with Crippen molar-refractivity contribution < 1.29 is 4.74 Å². The molecule has 2 rings (SSSR count). The summed E-state index contributed by atoms with van der Waals surface area (Å²) in [6, 6.07) is 0.384. The van der Waals surface area contributed by atoms with Gasteiger partial charge in [-0.15, -0.1) is 0 Å². The Balaban J connectivity index is 2.03. The smallest absolute Gasteiger partial charge is 0.323 e. The van der Waals surface area contributed by atoms with Gasteiger partial charge < -0.3 is 15.4 Å². The molecule has 6 nitrogen and oxygen atoms in total. The van der Waals surface area contributed by atoms with E-state index in [1.807, 2.05) is 18.7 Å². The van der Waals surface area contributed by atoms with Gasteiger partial charge in [-0.25, -0.2) is 0 Å². The van der Waals surface area contributed by atoms with E-state index in [9.17, 15) is 0 Å². The molecule has 1 aromatic heterocycles. The summed E-state index contributed by atoms with van der Waals surface area (Å²) in [5, 5.41) is 6.45. The number of nitrogens with zero attached hydrogens (tertiary/aromatic N) is 3. The second-order valence-electron chi connectivity index (χ2n) is 5.40. The monoisotopic (exact) mass is 311 g/mol. The summed E-state index contributed by atoms with van der Waals surface area (Å²) in [5.41, 5.74) is 0. The number of hydrogen-bond donors (Lipinski definition) is 2. The molecule has 0 spiro atoms. The summed E-state index contributed by atoms with van der Waals surface area (Å²) in [7, 11) is 0. The number of hydrogen-bond acceptors (Lipinski definition) is 7. The van der Waals surface area contributed by atoms with Gasteiger partial charge in [0.2, 0.25) is 11.9 Å². The van der Waals surface area contributed by atoms with E-state index in [-0.39, 0.29) is 4.75 Å². The average molecular weight is 311 g/mol. The molecular weight excluding hydrogens is 286 g/mol. The summed E-state index contributed by atoms with van der Waals surface area (Å²) < 4.78 is 5.81. The van der Waals surface area contributed by atoms with Crippen molar-refractivity contribution in [3.05, 3.63) is 0 Å². The quantitative estimate of drug-likeness (QED) is 0.765. The molecule has 1 aliphatic heterocycles. The molecule has 0 saturated carbocycles. The third kappa shape index (κ3) is 4.91. The van der Waals surface area contributed by atoms with Gasteiger partial charge in [0, 0.05) is 17.8 Å². The fraction of sp³-hybridized carbons (Fsp3) is 0.786. The minimum Gasteiger partial charge on any atom is -0.463 e. The lowest BCUT2D eigenvalue weighted by atomic mass is 10.1. The lowest BCUT2D eigenvalue weighted by Crippen LogP contribution is -2.28. The normalized spacial score (nSPS) is 21.3. The third-order valence-corrected chi connectivity index (χ3v) is 4.84. The Morgan fingerprint density at radius 3 is 2.57 bits per heavy atom. The highest BCUT2D eigenvalue weighted by atomic mass is 32.2. The van der Waals surface area contributed by atoms with Crippen LogP contribution in [-0.2, 0) is 0 Å². The van der Waals surface area contributed by atoms with Gasteiger partial charge in [0.05, 0.1) is 6.61 Å². The molecule has 1 unspecified atom stereocenters. The van der Waals surface area contributed by atoms with Gasteiger partial charge in [-0.1, -0.05) is 6.92 Å². The van der Waals surface area contributed by atoms with Crippen molar-refractivity contribution in [1.29, 1.82) is 0 Å². The molecule has 1 saturated heterocycles. The average Bonchev–Trinajstić information content (AvgIpc) is 2.91. The standard InChI is InChI=1S/C14H25N5OS/c1-4-8-20-13-18-11(15-5-2)17-12(19-13)16-10-14(3)7-6-9-21-14/h4-10H2,1-3H3,(H2,15,16,17,18,19). The number of ether oxygens (including phenoxy) is 1. The second kappa shape index (κ2) is 7.68. The van der Waals surface area contributed by atoms with Gasteiger partial charge in [-0.05, 0) is 38.9 Å². The maximum Gasteiger partial charge on any atom is 0.323 e. The topological polar surface area (TPSA) is 72.0 Å². The van der Waals surface area contributed by atoms with Crippen molar-refractivity contribution in [2.45, 2.75) is 44.8 Å². The van der Waals surface area contributed by atoms with Crippen LogP contribution in [0.25, 0.3) is 0 Å². The highest BCUT2D eigenvalue weighted by Crippen LogP contribution is 2.37. The SMILES string of the molecule is CCCOc1nc(NCC)nc(NCC2(C)CCCS2)n1. The highest BCUT2D eigenvalue weighted by Gasteiger charge is 2.29. The Hall–Kier alpha value is -1.24. The van der Waals surface area contributed by atoms with Crippen molar-refractivity contribution in [2.75, 3.05) is 36.1 Å². The molecule has 0 radical (unpaired) electrons. The largest absolute Gasteiger partial charge is 0.463 e. The van der Waals surface area contributed by atoms with E-state index in [2.05, 4.69) is 39.4 Å². The van der Waals surface area contributed by atoms with Crippen LogP contribution in [-0.4, -0.2) is 45.1 Å². The molecule has 1 aliphatic rings. The zero-order chi connectivity index (χ0) is 15.1. The predicted octanol–water partition coefficient (Wildman–Crippen LogP) is 2.79. The number of nitrogens with one attached hydrogen (secondary N) is 2. The Morgan fingerprint density at radius 2 is 1.95 bits per heavy atom. The number of rotatable bonds is 8. The fourth-order valence-corrected chi connectivity index (χ4v) is 3.42. The van der Waals surface area contributed by atoms with Crippen molar-refractivity contribution >= 4 is 23.7 Å². The summed E-state index contributed by atoms with van der Waals surface area (Å²) in [6.07, 6.45) is 3.45. The van der Waals surface area contributed by atoms with Gasteiger partial charge in [0.1, 0.15) is 0 Å². The number of thioether (sulfide) groups is 1. The zero-order valence-corrected chi connectivity index (χ0v) is 13.9. The van der Waals surface area contributed by atoms with Gasteiger partial charge in [0.15, 0.2) is 0 Å². The van der Waals surface area contributed by atoms with Crippen LogP contribution in [0.5, 0.6) is 6.01 Å². The van der Waals surface area contributed by atoms with Crippen molar-refractivity contribution in [2.24, 2.45) is 0 Å². The van der Waals surface area contributed by atoms with Crippen LogP contribution in [0.4, 0.5) is 11.9 Å². The van der Waals surface area contributed by atoms with Crippen molar-refractivity contribution in [3.8, 4) is 6.01 Å². The van der Waals surface area contributed by atoms with E-state index in [0.29, 0.717) is 24.5 Å². The first-order valence-electron chi connectivity index (χ1n) is 7.66.